The van der Waals surface area contributed by atoms with E-state index in [1.54, 1.807) is 0 Å². The summed E-state index contributed by atoms with van der Waals surface area (Å²) in [6.07, 6.45) is 1.72. The van der Waals surface area contributed by atoms with E-state index in [9.17, 15) is 9.50 Å². The molecule has 10 heavy (non-hydrogen) atoms. The summed E-state index contributed by atoms with van der Waals surface area (Å²) in [4.78, 5) is 13.5. The van der Waals surface area contributed by atoms with Crippen molar-refractivity contribution in [3.05, 3.63) is 0 Å². The van der Waals surface area contributed by atoms with E-state index in [0.29, 0.717) is 20.1 Å². The van der Waals surface area contributed by atoms with Crippen molar-refractivity contribution in [2.75, 3.05) is 6.54 Å². The average molecular weight is 141 g/mol. The van der Waals surface area contributed by atoms with Gasteiger partial charge in [-0.25, -0.2) is 0 Å². The molecule has 5 heteroatoms. The van der Waals surface area contributed by atoms with Gasteiger partial charge in [0.2, 0.25) is 0 Å². The van der Waals surface area contributed by atoms with Gasteiger partial charge in [-0.2, -0.15) is 0 Å². The Balaban J connectivity index is 3.12. The number of hydrogen-bond donors (Lipinski definition) is 1. The van der Waals surface area contributed by atoms with Crippen molar-refractivity contribution in [1.29, 1.82) is 0 Å². The Morgan fingerprint density at radius 1 is 1.70 bits per heavy atom. The number of nitrogens with zero attached hydrogens (tertiary/aromatic N) is 1. The maximum absolute atomic E-state index is 9.91. The van der Waals surface area contributed by atoms with Crippen LogP contribution in [0.1, 0.15) is 12.8 Å². The molecule has 0 bridgehead atoms. The van der Waals surface area contributed by atoms with E-state index in [1.165, 1.54) is 0 Å². The number of hydrogen-bond acceptors (Lipinski definition) is 3. The standard InChI is InChI=1S/C5H8BNO3/c8-5(9)2-1-3-7-4-6-10/h4H,1-3H2,(H,8,9). The summed E-state index contributed by atoms with van der Waals surface area (Å²) in [6.45, 7) is 0.408. The summed E-state index contributed by atoms with van der Waals surface area (Å²) in [7, 11) is 0.570. The first-order chi connectivity index (χ1) is 4.77. The molecule has 0 fully saturated rings. The molecule has 1 N–H and O–H groups in total. The van der Waals surface area contributed by atoms with Crippen LogP contribution in [0.4, 0.5) is 0 Å². The molecule has 0 aliphatic carbocycles. The summed E-state index contributed by atoms with van der Waals surface area (Å²) in [6, 6.07) is 0. The van der Waals surface area contributed by atoms with Gasteiger partial charge < -0.3 is 0 Å². The van der Waals surface area contributed by atoms with E-state index in [0.717, 1.165) is 6.11 Å². The van der Waals surface area contributed by atoms with Crippen LogP contribution in [0.15, 0.2) is 4.99 Å². The first-order valence-electron chi connectivity index (χ1n) is 2.92. The molecule has 0 spiro atoms. The Morgan fingerprint density at radius 3 is 2.90 bits per heavy atom. The van der Waals surface area contributed by atoms with Crippen LogP contribution in [-0.4, -0.2) is 30.9 Å². The summed E-state index contributed by atoms with van der Waals surface area (Å²) in [5, 5.41) is 8.15. The molecule has 54 valence electrons. The van der Waals surface area contributed by atoms with Crippen LogP contribution in [-0.2, 0) is 9.50 Å². The van der Waals surface area contributed by atoms with Crippen LogP contribution in [0.2, 0.25) is 0 Å². The third-order valence-corrected chi connectivity index (χ3v) is 0.844. The van der Waals surface area contributed by atoms with Gasteiger partial charge in [-0.1, -0.05) is 0 Å². The Kier molecular flexibility index (Phi) is 5.52. The van der Waals surface area contributed by atoms with Crippen molar-refractivity contribution in [2.24, 2.45) is 4.99 Å². The summed E-state index contributed by atoms with van der Waals surface area (Å²) in [5.41, 5.74) is 0. The van der Waals surface area contributed by atoms with E-state index in [-0.39, 0.29) is 6.42 Å². The molecule has 4 nitrogen and oxygen atoms in total. The first-order valence-corrected chi connectivity index (χ1v) is 2.92. The number of aliphatic imine (C=N–C) groups is 1. The van der Waals surface area contributed by atoms with Gasteiger partial charge in [-0.3, -0.25) is 0 Å². The fourth-order valence-corrected chi connectivity index (χ4v) is 0.439. The van der Waals surface area contributed by atoms with E-state index in [4.69, 9.17) is 5.11 Å². The van der Waals surface area contributed by atoms with Crippen LogP contribution in [0.3, 0.4) is 0 Å². The Hall–Kier alpha value is -0.995. The topological polar surface area (TPSA) is 66.7 Å². The molecular weight excluding hydrogens is 133 g/mol. The van der Waals surface area contributed by atoms with Gasteiger partial charge in [0.1, 0.15) is 0 Å². The average Bonchev–Trinajstić information content (AvgIpc) is 1.87. The SMILES string of the molecule is O=BC=NCCCC(=O)O. The van der Waals surface area contributed by atoms with Crippen LogP contribution in [0.25, 0.3) is 0 Å². The predicted molar refractivity (Wildman–Crippen MR) is 36.7 cm³/mol. The van der Waals surface area contributed by atoms with Crippen molar-refractivity contribution >= 4 is 19.2 Å². The maximum atomic E-state index is 9.91. The molecule has 0 aliphatic heterocycles. The molecule has 0 unspecified atom stereocenters. The Morgan fingerprint density at radius 2 is 2.40 bits per heavy atom. The third-order valence-electron chi connectivity index (χ3n) is 0.844. The van der Waals surface area contributed by atoms with Crippen molar-refractivity contribution in [2.45, 2.75) is 12.8 Å². The second-order valence-corrected chi connectivity index (χ2v) is 1.69. The number of carbonyl (C=O) groups is 1. The summed E-state index contributed by atoms with van der Waals surface area (Å²) in [5.74, 6) is -0.832. The molecule has 0 rings (SSSR count). The van der Waals surface area contributed by atoms with Gasteiger partial charge in [0.25, 0.3) is 0 Å². The zero-order chi connectivity index (χ0) is 7.82. The molecule has 0 radical (unpaired) electrons. The molecule has 0 saturated heterocycles. The van der Waals surface area contributed by atoms with Crippen LogP contribution >= 0.6 is 0 Å². The van der Waals surface area contributed by atoms with Crippen LogP contribution in [0.5, 0.6) is 0 Å². The zero-order valence-corrected chi connectivity index (χ0v) is 5.49. The van der Waals surface area contributed by atoms with Gasteiger partial charge in [0, 0.05) is 0 Å². The minimum absolute atomic E-state index is 0.107. The van der Waals surface area contributed by atoms with Crippen molar-refractivity contribution in [3.63, 3.8) is 0 Å². The third kappa shape index (κ3) is 7.00. The molecular formula is C5H8BNO3. The number of carboxylic acid groups (broad SMARTS) is 1. The second-order valence-electron chi connectivity index (χ2n) is 1.69. The fraction of sp³-hybridized carbons (Fsp3) is 0.600. The molecule has 0 aromatic rings. The predicted octanol–water partition coefficient (Wildman–Crippen LogP) is -0.0708. The summed E-state index contributed by atoms with van der Waals surface area (Å²) >= 11 is 0. The van der Waals surface area contributed by atoms with Gasteiger partial charge >= 0.3 is 58.2 Å². The van der Waals surface area contributed by atoms with E-state index in [1.807, 2.05) is 0 Å². The van der Waals surface area contributed by atoms with Gasteiger partial charge in [-0.05, 0) is 0 Å². The van der Waals surface area contributed by atoms with Gasteiger partial charge in [-0.15, -0.1) is 0 Å². The monoisotopic (exact) mass is 141 g/mol. The van der Waals surface area contributed by atoms with Gasteiger partial charge in [0.05, 0.1) is 0 Å². The van der Waals surface area contributed by atoms with Gasteiger partial charge in [0.15, 0.2) is 0 Å². The van der Waals surface area contributed by atoms with Crippen molar-refractivity contribution in [3.8, 4) is 0 Å². The number of rotatable bonds is 5. The Labute approximate surface area is 59.2 Å². The minimum atomic E-state index is -0.832. The normalized spacial score (nSPS) is 9.60. The molecule has 0 aliphatic rings. The molecule has 0 aromatic heterocycles. The molecule has 0 atom stereocenters. The molecule has 0 saturated carbocycles. The summed E-state index contributed by atoms with van der Waals surface area (Å²) < 4.78 is 9.64. The molecule has 0 heterocycles. The van der Waals surface area contributed by atoms with Crippen LogP contribution < -0.4 is 0 Å². The van der Waals surface area contributed by atoms with E-state index >= 15 is 0 Å². The number of carboxylic acids is 1. The van der Waals surface area contributed by atoms with Crippen LogP contribution in [0, 0.1) is 0 Å². The first kappa shape index (κ1) is 9.00. The fourth-order valence-electron chi connectivity index (χ4n) is 0.439. The van der Waals surface area contributed by atoms with E-state index in [2.05, 4.69) is 4.99 Å². The number of aliphatic carboxylic acids is 1. The quantitative estimate of drug-likeness (QED) is 0.331. The zero-order valence-electron chi connectivity index (χ0n) is 5.49. The van der Waals surface area contributed by atoms with Crippen molar-refractivity contribution in [1.82, 2.24) is 0 Å². The van der Waals surface area contributed by atoms with Crippen molar-refractivity contribution < 1.29 is 14.6 Å². The molecule has 0 aromatic carbocycles. The Bertz CT molecular complexity index is 146. The second kappa shape index (κ2) is 6.13. The van der Waals surface area contributed by atoms with E-state index < -0.39 is 5.97 Å². The molecule has 0 amide bonds.